The second kappa shape index (κ2) is 8.92. The molecule has 7 nitrogen and oxygen atoms in total. The van der Waals surface area contributed by atoms with E-state index in [2.05, 4.69) is 31.9 Å². The molecule has 9 heteroatoms. The molecule has 188 valence electrons. The summed E-state index contributed by atoms with van der Waals surface area (Å²) < 4.78 is 18.4. The zero-order valence-electron chi connectivity index (χ0n) is 19.5. The number of benzene rings is 2. The molecule has 0 bridgehead atoms. The molecule has 2 atom stereocenters. The maximum atomic E-state index is 13.5. The van der Waals surface area contributed by atoms with E-state index < -0.39 is 17.2 Å². The number of hydrogen-bond acceptors (Lipinski definition) is 7. The van der Waals surface area contributed by atoms with Crippen LogP contribution in [0.4, 0.5) is 0 Å². The lowest BCUT2D eigenvalue weighted by Crippen LogP contribution is -2.23. The molecule has 2 unspecified atom stereocenters. The van der Waals surface area contributed by atoms with Crippen molar-refractivity contribution >= 4 is 48.9 Å². The summed E-state index contributed by atoms with van der Waals surface area (Å²) in [6, 6.07) is 10.2. The van der Waals surface area contributed by atoms with Crippen molar-refractivity contribution in [1.82, 2.24) is 0 Å². The summed E-state index contributed by atoms with van der Waals surface area (Å²) in [7, 11) is 0. The minimum atomic E-state index is -1.17. The average Bonchev–Trinajstić information content (AvgIpc) is 3.33. The van der Waals surface area contributed by atoms with E-state index in [1.54, 1.807) is 36.4 Å². The largest absolute Gasteiger partial charge is 0.507 e. The van der Waals surface area contributed by atoms with E-state index in [9.17, 15) is 19.8 Å². The van der Waals surface area contributed by atoms with Crippen LogP contribution >= 0.6 is 31.9 Å². The van der Waals surface area contributed by atoms with Crippen LogP contribution < -0.4 is 16.0 Å². The van der Waals surface area contributed by atoms with Gasteiger partial charge in [-0.1, -0.05) is 50.9 Å². The molecule has 1 aliphatic carbocycles. The van der Waals surface area contributed by atoms with Crippen LogP contribution in [0.25, 0.3) is 17.0 Å². The second-order valence-corrected chi connectivity index (χ2v) is 11.1. The normalized spacial score (nSPS) is 17.2. The van der Waals surface area contributed by atoms with E-state index in [4.69, 9.17) is 13.6 Å². The molecule has 0 amide bonds. The molecule has 2 N–H and O–H groups in total. The van der Waals surface area contributed by atoms with Gasteiger partial charge in [0.2, 0.25) is 0 Å². The predicted octanol–water partition coefficient (Wildman–Crippen LogP) is 5.96. The Kier molecular flexibility index (Phi) is 5.80. The maximum Gasteiger partial charge on any atom is 0.344 e. The molecule has 0 saturated heterocycles. The topological polar surface area (TPSA) is 110 Å². The molecule has 0 saturated carbocycles. The molecule has 0 spiro atoms. The Morgan fingerprint density at radius 1 is 0.973 bits per heavy atom. The van der Waals surface area contributed by atoms with Gasteiger partial charge in [0, 0.05) is 17.3 Å². The third-order valence-electron chi connectivity index (χ3n) is 6.99. The number of rotatable bonds is 3. The average molecular weight is 628 g/mol. The summed E-state index contributed by atoms with van der Waals surface area (Å²) in [4.78, 5) is 26.8. The van der Waals surface area contributed by atoms with E-state index in [0.717, 1.165) is 10.0 Å². The Hall–Kier alpha value is -3.30. The number of fused-ring (bicyclic) bond motifs is 3. The Labute approximate surface area is 227 Å². The van der Waals surface area contributed by atoms with Crippen molar-refractivity contribution in [3.63, 3.8) is 0 Å². The van der Waals surface area contributed by atoms with E-state index in [1.807, 2.05) is 13.0 Å². The van der Waals surface area contributed by atoms with Crippen LogP contribution in [0.3, 0.4) is 0 Å². The first kappa shape index (κ1) is 24.1. The van der Waals surface area contributed by atoms with Gasteiger partial charge in [-0.3, -0.25) is 0 Å². The van der Waals surface area contributed by atoms with E-state index in [-0.39, 0.29) is 39.5 Å². The lowest BCUT2D eigenvalue weighted by atomic mass is 9.83. The van der Waals surface area contributed by atoms with Crippen LogP contribution in [-0.4, -0.2) is 16.8 Å². The highest BCUT2D eigenvalue weighted by molar-refractivity contribution is 9.11. The summed E-state index contributed by atoms with van der Waals surface area (Å²) in [5.41, 5.74) is 0.0318. The molecule has 2 aliphatic rings. The van der Waals surface area contributed by atoms with E-state index >= 15 is 0 Å². The van der Waals surface area contributed by atoms with Gasteiger partial charge in [0.05, 0.1) is 34.6 Å². The van der Waals surface area contributed by atoms with Crippen LogP contribution in [0.1, 0.15) is 46.4 Å². The fraction of sp³-hybridized carbons (Fsp3) is 0.214. The molecule has 37 heavy (non-hydrogen) atoms. The van der Waals surface area contributed by atoms with Gasteiger partial charge in [-0.2, -0.15) is 0 Å². The van der Waals surface area contributed by atoms with Crippen LogP contribution in [0, 0.1) is 5.92 Å². The van der Waals surface area contributed by atoms with E-state index in [1.165, 1.54) is 0 Å². The highest BCUT2D eigenvalue weighted by Crippen LogP contribution is 2.45. The predicted molar refractivity (Wildman–Crippen MR) is 145 cm³/mol. The molecule has 4 aromatic rings. The highest BCUT2D eigenvalue weighted by Gasteiger charge is 2.35. The maximum absolute atomic E-state index is 13.5. The molecule has 0 fully saturated rings. The lowest BCUT2D eigenvalue weighted by Gasteiger charge is -2.23. The van der Waals surface area contributed by atoms with Gasteiger partial charge >= 0.3 is 11.3 Å². The fourth-order valence-electron chi connectivity index (χ4n) is 5.10. The number of allylic oxidation sites excluding steroid dienone is 1. The number of hydrogen-bond donors (Lipinski definition) is 2. The summed E-state index contributed by atoms with van der Waals surface area (Å²) in [6.45, 7) is 2.49. The minimum absolute atomic E-state index is 0.0726. The third-order valence-corrected chi connectivity index (χ3v) is 8.49. The van der Waals surface area contributed by atoms with E-state index in [0.29, 0.717) is 46.6 Å². The molecule has 3 heterocycles. The summed E-state index contributed by atoms with van der Waals surface area (Å²) in [5, 5.41) is 23.2. The summed E-state index contributed by atoms with van der Waals surface area (Å²) in [5.74, 6) is -0.659. The van der Waals surface area contributed by atoms with Gasteiger partial charge in [0.1, 0.15) is 28.6 Å². The quantitative estimate of drug-likeness (QED) is 0.270. The van der Waals surface area contributed by atoms with Crippen LogP contribution in [0.5, 0.6) is 17.2 Å². The Balaban J connectivity index is 1.69. The first-order valence-electron chi connectivity index (χ1n) is 11.7. The fourth-order valence-corrected chi connectivity index (χ4v) is 5.85. The minimum Gasteiger partial charge on any atom is -0.507 e. The molecular weight excluding hydrogens is 608 g/mol. The smallest absolute Gasteiger partial charge is 0.344 e. The Morgan fingerprint density at radius 3 is 2.54 bits per heavy atom. The molecule has 0 radical (unpaired) electrons. The molecular formula is C28H20Br2O7. The van der Waals surface area contributed by atoms with Crippen molar-refractivity contribution in [3.05, 3.63) is 99.8 Å². The standard InChI is InChI=1S/C28H20Br2O7/c1-12-8-21-17(11-18(12)30)26(32)24(28(34)37-21)22(14-2-4-19-13(9-14)6-7-35-19)23-25(31)16-10-15(29)3-5-20(16)36-27(23)33/h2-5,9-12,22,31-32H,6-8H2,1H3. The Morgan fingerprint density at radius 2 is 1.73 bits per heavy atom. The summed E-state index contributed by atoms with van der Waals surface area (Å²) >= 11 is 6.91. The molecule has 1 aliphatic heterocycles. The second-order valence-electron chi connectivity index (χ2n) is 9.31. The third kappa shape index (κ3) is 3.92. The lowest BCUT2D eigenvalue weighted by molar-refractivity contribution is 0.357. The monoisotopic (exact) mass is 626 g/mol. The molecule has 6 rings (SSSR count). The van der Waals surface area contributed by atoms with Crippen LogP contribution in [-0.2, 0) is 12.8 Å². The van der Waals surface area contributed by atoms with Gasteiger partial charge in [-0.15, -0.1) is 0 Å². The Bertz CT molecular complexity index is 1750. The van der Waals surface area contributed by atoms with Gasteiger partial charge < -0.3 is 23.8 Å². The van der Waals surface area contributed by atoms with Gasteiger partial charge in [-0.05, 0) is 51.9 Å². The number of halogens is 2. The van der Waals surface area contributed by atoms with Gasteiger partial charge in [0.25, 0.3) is 0 Å². The van der Waals surface area contributed by atoms with Crippen LogP contribution in [0.2, 0.25) is 0 Å². The first-order valence-corrected chi connectivity index (χ1v) is 13.3. The van der Waals surface area contributed by atoms with Crippen molar-refractivity contribution in [2.45, 2.75) is 25.7 Å². The van der Waals surface area contributed by atoms with Gasteiger partial charge in [-0.25, -0.2) is 9.59 Å². The SMILES string of the molecule is CC1Cc2oc(=O)c(C(c3ccc4c(c3)CCO4)c3c(O)c4cc(Br)ccc4oc3=O)c(O)c2C=C1Br. The van der Waals surface area contributed by atoms with Crippen molar-refractivity contribution in [2.75, 3.05) is 6.61 Å². The summed E-state index contributed by atoms with van der Waals surface area (Å²) in [6.07, 6.45) is 2.80. The highest BCUT2D eigenvalue weighted by atomic mass is 79.9. The van der Waals surface area contributed by atoms with Crippen molar-refractivity contribution in [2.24, 2.45) is 5.92 Å². The number of ether oxygens (including phenoxy) is 1. The van der Waals surface area contributed by atoms with Gasteiger partial charge in [0.15, 0.2) is 0 Å². The van der Waals surface area contributed by atoms with Crippen LogP contribution in [0.15, 0.2) is 63.8 Å². The van der Waals surface area contributed by atoms with Crippen molar-refractivity contribution in [3.8, 4) is 17.2 Å². The zero-order valence-corrected chi connectivity index (χ0v) is 22.7. The van der Waals surface area contributed by atoms with Crippen molar-refractivity contribution in [1.29, 1.82) is 0 Å². The molecule has 2 aromatic carbocycles. The molecule has 2 aromatic heterocycles. The van der Waals surface area contributed by atoms with Crippen molar-refractivity contribution < 1.29 is 23.8 Å². The first-order chi connectivity index (χ1) is 17.7. The zero-order chi connectivity index (χ0) is 26.0. The number of aromatic hydroxyl groups is 2.